The minimum Gasteiger partial charge on any atom is -0.383 e. The Labute approximate surface area is 85.2 Å². The second-order valence-electron chi connectivity index (χ2n) is 3.05. The zero-order valence-corrected chi connectivity index (χ0v) is 7.84. The van der Waals surface area contributed by atoms with Crippen molar-refractivity contribution >= 4 is 11.6 Å². The number of rotatable bonds is 4. The number of hydrogen-bond acceptors (Lipinski definition) is 3. The van der Waals surface area contributed by atoms with Crippen LogP contribution in [0.3, 0.4) is 0 Å². The maximum absolute atomic E-state index is 12.7. The molecule has 82 valence electrons. The number of nitrogens with two attached hydrogens (primary N) is 2. The predicted octanol–water partition coefficient (Wildman–Crippen LogP) is 0.189. The van der Waals surface area contributed by atoms with Gasteiger partial charge in [-0.25, -0.2) is 8.78 Å². The molecule has 6 heteroatoms. The lowest BCUT2D eigenvalue weighted by Crippen LogP contribution is -2.41. The van der Waals surface area contributed by atoms with Gasteiger partial charge in [0.2, 0.25) is 5.91 Å². The van der Waals surface area contributed by atoms with E-state index in [-0.39, 0.29) is 12.2 Å². The number of nitrogens with one attached hydrogen (secondary N) is 1. The first-order valence-electron chi connectivity index (χ1n) is 4.24. The molecule has 5 N–H and O–H groups in total. The van der Waals surface area contributed by atoms with Crippen LogP contribution < -0.4 is 16.8 Å². The first-order valence-corrected chi connectivity index (χ1v) is 4.24. The molecule has 0 saturated heterocycles. The Morgan fingerprint density at radius 2 is 1.87 bits per heavy atom. The highest BCUT2D eigenvalue weighted by atomic mass is 19.1. The van der Waals surface area contributed by atoms with E-state index in [0.29, 0.717) is 0 Å². The van der Waals surface area contributed by atoms with Gasteiger partial charge >= 0.3 is 0 Å². The molecule has 0 radical (unpaired) electrons. The van der Waals surface area contributed by atoms with Gasteiger partial charge in [-0.05, 0) is 12.1 Å². The van der Waals surface area contributed by atoms with E-state index < -0.39 is 23.6 Å². The van der Waals surface area contributed by atoms with Gasteiger partial charge in [-0.3, -0.25) is 4.79 Å². The molecule has 1 unspecified atom stereocenters. The molecule has 1 aromatic carbocycles. The summed E-state index contributed by atoms with van der Waals surface area (Å²) >= 11 is 0. The van der Waals surface area contributed by atoms with Gasteiger partial charge in [0.25, 0.3) is 0 Å². The SMILES string of the molecule is NC(=O)C(N)CNc1cc(F)cc(F)c1. The van der Waals surface area contributed by atoms with Gasteiger partial charge in [0.15, 0.2) is 0 Å². The quantitative estimate of drug-likeness (QED) is 0.670. The Balaban J connectivity index is 2.61. The van der Waals surface area contributed by atoms with E-state index in [2.05, 4.69) is 5.32 Å². The molecule has 1 aromatic rings. The van der Waals surface area contributed by atoms with Crippen molar-refractivity contribution in [2.45, 2.75) is 6.04 Å². The van der Waals surface area contributed by atoms with Crippen molar-refractivity contribution in [3.8, 4) is 0 Å². The van der Waals surface area contributed by atoms with Crippen LogP contribution in [-0.2, 0) is 4.79 Å². The summed E-state index contributed by atoms with van der Waals surface area (Å²) < 4.78 is 25.4. The number of hydrogen-bond donors (Lipinski definition) is 3. The maximum Gasteiger partial charge on any atom is 0.236 e. The molecule has 0 aliphatic heterocycles. The molecule has 4 nitrogen and oxygen atoms in total. The summed E-state index contributed by atoms with van der Waals surface area (Å²) in [5.41, 5.74) is 10.4. The fraction of sp³-hybridized carbons (Fsp3) is 0.222. The molecule has 0 heterocycles. The van der Waals surface area contributed by atoms with Crippen LogP contribution >= 0.6 is 0 Å². The molecule has 0 aliphatic carbocycles. The summed E-state index contributed by atoms with van der Waals surface area (Å²) in [5, 5.41) is 2.60. The van der Waals surface area contributed by atoms with E-state index in [0.717, 1.165) is 18.2 Å². The number of carbonyl (C=O) groups is 1. The minimum absolute atomic E-state index is 0.0260. The van der Waals surface area contributed by atoms with Crippen molar-refractivity contribution in [3.05, 3.63) is 29.8 Å². The number of halogens is 2. The molecule has 0 aliphatic rings. The highest BCUT2D eigenvalue weighted by molar-refractivity contribution is 5.80. The minimum atomic E-state index is -0.892. The zero-order chi connectivity index (χ0) is 11.4. The van der Waals surface area contributed by atoms with Crippen molar-refractivity contribution in [1.82, 2.24) is 0 Å². The number of primary amides is 1. The second kappa shape index (κ2) is 4.70. The van der Waals surface area contributed by atoms with E-state index in [1.54, 1.807) is 0 Å². The van der Waals surface area contributed by atoms with E-state index in [1.807, 2.05) is 0 Å². The van der Waals surface area contributed by atoms with Gasteiger partial charge in [0, 0.05) is 18.3 Å². The molecule has 0 aromatic heterocycles. The molecule has 1 atom stereocenters. The van der Waals surface area contributed by atoms with Crippen LogP contribution in [0.15, 0.2) is 18.2 Å². The van der Waals surface area contributed by atoms with Crippen LogP contribution in [-0.4, -0.2) is 18.5 Å². The van der Waals surface area contributed by atoms with Crippen molar-refractivity contribution in [1.29, 1.82) is 0 Å². The molecule has 0 saturated carbocycles. The van der Waals surface area contributed by atoms with E-state index in [1.165, 1.54) is 0 Å². The Bertz CT molecular complexity index is 350. The Hall–Kier alpha value is -1.69. The molecular formula is C9H11F2N3O. The monoisotopic (exact) mass is 215 g/mol. The smallest absolute Gasteiger partial charge is 0.236 e. The van der Waals surface area contributed by atoms with E-state index in [9.17, 15) is 13.6 Å². The lowest BCUT2D eigenvalue weighted by Gasteiger charge is -2.10. The summed E-state index contributed by atoms with van der Waals surface area (Å²) in [6, 6.07) is 2.04. The largest absolute Gasteiger partial charge is 0.383 e. The number of benzene rings is 1. The third-order valence-corrected chi connectivity index (χ3v) is 1.75. The van der Waals surface area contributed by atoms with Crippen LogP contribution in [0, 0.1) is 11.6 Å². The average molecular weight is 215 g/mol. The van der Waals surface area contributed by atoms with Gasteiger partial charge in [-0.15, -0.1) is 0 Å². The zero-order valence-electron chi connectivity index (χ0n) is 7.84. The molecular weight excluding hydrogens is 204 g/mol. The van der Waals surface area contributed by atoms with E-state index >= 15 is 0 Å². The fourth-order valence-electron chi connectivity index (χ4n) is 0.984. The van der Waals surface area contributed by atoms with Crippen LogP contribution in [0.2, 0.25) is 0 Å². The standard InChI is InChI=1S/C9H11F2N3O/c10-5-1-6(11)3-7(2-5)14-4-8(12)9(13)15/h1-3,8,14H,4,12H2,(H2,13,15). The lowest BCUT2D eigenvalue weighted by atomic mass is 10.2. The van der Waals surface area contributed by atoms with Crippen LogP contribution in [0.1, 0.15) is 0 Å². The number of carbonyl (C=O) groups excluding carboxylic acids is 1. The van der Waals surface area contributed by atoms with Crippen molar-refractivity contribution in [2.75, 3.05) is 11.9 Å². The summed E-state index contributed by atoms with van der Waals surface area (Å²) in [4.78, 5) is 10.6. The Kier molecular flexibility index (Phi) is 3.56. The number of anilines is 1. The van der Waals surface area contributed by atoms with E-state index in [4.69, 9.17) is 11.5 Å². The van der Waals surface area contributed by atoms with Gasteiger partial charge < -0.3 is 16.8 Å². The van der Waals surface area contributed by atoms with Crippen LogP contribution in [0.4, 0.5) is 14.5 Å². The van der Waals surface area contributed by atoms with Gasteiger partial charge in [0.05, 0.1) is 0 Å². The summed E-state index contributed by atoms with van der Waals surface area (Å²) in [6.45, 7) is 0.0260. The average Bonchev–Trinajstić information content (AvgIpc) is 2.12. The molecule has 0 bridgehead atoms. The van der Waals surface area contributed by atoms with Crippen LogP contribution in [0.25, 0.3) is 0 Å². The first-order chi connectivity index (χ1) is 6.99. The predicted molar refractivity (Wildman–Crippen MR) is 52.0 cm³/mol. The lowest BCUT2D eigenvalue weighted by molar-refractivity contribution is -0.118. The highest BCUT2D eigenvalue weighted by Crippen LogP contribution is 2.12. The summed E-state index contributed by atoms with van der Waals surface area (Å²) in [5.74, 6) is -2.09. The first kappa shape index (κ1) is 11.4. The van der Waals surface area contributed by atoms with Crippen molar-refractivity contribution in [2.24, 2.45) is 11.5 Å². The van der Waals surface area contributed by atoms with Crippen LogP contribution in [0.5, 0.6) is 0 Å². The molecule has 15 heavy (non-hydrogen) atoms. The molecule has 1 rings (SSSR count). The highest BCUT2D eigenvalue weighted by Gasteiger charge is 2.08. The Morgan fingerprint density at radius 3 is 2.33 bits per heavy atom. The second-order valence-corrected chi connectivity index (χ2v) is 3.05. The third kappa shape index (κ3) is 3.51. The molecule has 0 spiro atoms. The summed E-state index contributed by atoms with van der Waals surface area (Å²) in [6.07, 6.45) is 0. The van der Waals surface area contributed by atoms with Gasteiger partial charge in [-0.2, -0.15) is 0 Å². The van der Waals surface area contributed by atoms with Gasteiger partial charge in [0.1, 0.15) is 17.7 Å². The van der Waals surface area contributed by atoms with Crippen molar-refractivity contribution < 1.29 is 13.6 Å². The molecule has 1 amide bonds. The number of amides is 1. The summed E-state index contributed by atoms with van der Waals surface area (Å²) in [7, 11) is 0. The normalized spacial score (nSPS) is 12.2. The molecule has 0 fully saturated rings. The fourth-order valence-corrected chi connectivity index (χ4v) is 0.984. The van der Waals surface area contributed by atoms with Gasteiger partial charge in [-0.1, -0.05) is 0 Å². The topological polar surface area (TPSA) is 81.1 Å². The maximum atomic E-state index is 12.7. The van der Waals surface area contributed by atoms with Crippen molar-refractivity contribution in [3.63, 3.8) is 0 Å². The third-order valence-electron chi connectivity index (χ3n) is 1.75. The Morgan fingerprint density at radius 1 is 1.33 bits per heavy atom.